The molecule has 0 spiro atoms. The van der Waals surface area contributed by atoms with Gasteiger partial charge in [-0.2, -0.15) is 0 Å². The van der Waals surface area contributed by atoms with E-state index in [1.54, 1.807) is 0 Å². The maximum Gasteiger partial charge on any atom is 0.150 e. The molecular weight excluding hydrogens is 354 g/mol. The molecule has 1 aromatic heterocycles. The van der Waals surface area contributed by atoms with Crippen LogP contribution in [0.5, 0.6) is 0 Å². The summed E-state index contributed by atoms with van der Waals surface area (Å²) < 4.78 is 0. The van der Waals surface area contributed by atoms with Gasteiger partial charge < -0.3 is 15.2 Å². The Morgan fingerprint density at radius 2 is 1.82 bits per heavy atom. The molecule has 0 aliphatic heterocycles. The summed E-state index contributed by atoms with van der Waals surface area (Å²) in [5.41, 5.74) is 6.34. The molecule has 1 heterocycles. The van der Waals surface area contributed by atoms with Crippen molar-refractivity contribution in [2.24, 2.45) is 0 Å². The van der Waals surface area contributed by atoms with E-state index < -0.39 is 6.04 Å². The van der Waals surface area contributed by atoms with Crippen LogP contribution in [-0.4, -0.2) is 40.3 Å². The monoisotopic (exact) mass is 381 g/mol. The summed E-state index contributed by atoms with van der Waals surface area (Å²) in [4.78, 5) is 32.2. The molecule has 2 aromatic rings. The van der Waals surface area contributed by atoms with Crippen LogP contribution >= 0.6 is 0 Å². The molecule has 0 saturated heterocycles. The van der Waals surface area contributed by atoms with Crippen LogP contribution in [0.1, 0.15) is 59.6 Å². The molecule has 28 heavy (non-hydrogen) atoms. The fourth-order valence-electron chi connectivity index (χ4n) is 3.76. The van der Waals surface area contributed by atoms with Crippen LogP contribution in [0.2, 0.25) is 0 Å². The number of aryl methyl sites for hydroxylation is 4. The zero-order valence-electron chi connectivity index (χ0n) is 16.5. The summed E-state index contributed by atoms with van der Waals surface area (Å²) in [6.07, 6.45) is 6.35. The van der Waals surface area contributed by atoms with E-state index in [1.165, 1.54) is 11.1 Å². The predicted octanol–water partition coefficient (Wildman–Crippen LogP) is 2.93. The van der Waals surface area contributed by atoms with Gasteiger partial charge in [0.25, 0.3) is 0 Å². The van der Waals surface area contributed by atoms with Crippen molar-refractivity contribution in [3.63, 3.8) is 0 Å². The van der Waals surface area contributed by atoms with Gasteiger partial charge >= 0.3 is 0 Å². The number of hydrogen-bond donors (Lipinski definition) is 2. The van der Waals surface area contributed by atoms with Gasteiger partial charge in [-0.3, -0.25) is 4.79 Å². The lowest BCUT2D eigenvalue weighted by molar-refractivity contribution is -0.108. The zero-order valence-corrected chi connectivity index (χ0v) is 16.5. The van der Waals surface area contributed by atoms with Gasteiger partial charge in [0.2, 0.25) is 0 Å². The molecule has 0 fully saturated rings. The molecular formula is C22H27N3O3. The maximum atomic E-state index is 11.8. The molecule has 1 aliphatic rings. The van der Waals surface area contributed by atoms with E-state index in [1.807, 2.05) is 19.9 Å². The van der Waals surface area contributed by atoms with Gasteiger partial charge in [0.15, 0.2) is 6.29 Å². The zero-order chi connectivity index (χ0) is 20.1. The second kappa shape index (κ2) is 9.06. The minimum Gasteiger partial charge on any atom is -0.394 e. The Kier molecular flexibility index (Phi) is 6.52. The molecule has 6 heteroatoms. The SMILES string of the molecule is CCc1nc(-c2cc3c(cc2C=O)CCC3)c(CC)nc1NC(CO)CC=O. The minimum absolute atomic E-state index is 0.160. The number of carbonyl (C=O) groups is 2. The Bertz CT molecular complexity index is 880. The number of carbonyl (C=O) groups excluding carboxylic acids is 2. The van der Waals surface area contributed by atoms with E-state index in [0.29, 0.717) is 24.2 Å². The Labute approximate surface area is 165 Å². The Morgan fingerprint density at radius 1 is 1.11 bits per heavy atom. The predicted molar refractivity (Wildman–Crippen MR) is 109 cm³/mol. The third-order valence-electron chi connectivity index (χ3n) is 5.30. The lowest BCUT2D eigenvalue weighted by atomic mass is 9.96. The van der Waals surface area contributed by atoms with Crippen molar-refractivity contribution in [3.05, 3.63) is 40.2 Å². The normalized spacial score (nSPS) is 13.8. The highest BCUT2D eigenvalue weighted by atomic mass is 16.3. The molecule has 0 radical (unpaired) electrons. The second-order valence-corrected chi connectivity index (χ2v) is 7.13. The number of aldehydes is 2. The molecule has 0 amide bonds. The second-order valence-electron chi connectivity index (χ2n) is 7.13. The van der Waals surface area contributed by atoms with Crippen LogP contribution < -0.4 is 5.32 Å². The highest BCUT2D eigenvalue weighted by molar-refractivity contribution is 5.88. The summed E-state index contributed by atoms with van der Waals surface area (Å²) in [6, 6.07) is 3.71. The average Bonchev–Trinajstić information content (AvgIpc) is 3.19. The van der Waals surface area contributed by atoms with Crippen molar-refractivity contribution < 1.29 is 14.7 Å². The molecule has 3 rings (SSSR count). The van der Waals surface area contributed by atoms with Crippen molar-refractivity contribution in [2.75, 3.05) is 11.9 Å². The Balaban J connectivity index is 2.10. The van der Waals surface area contributed by atoms with Crippen molar-refractivity contribution in [1.29, 1.82) is 0 Å². The number of fused-ring (bicyclic) bond motifs is 1. The lowest BCUT2D eigenvalue weighted by Crippen LogP contribution is -2.26. The van der Waals surface area contributed by atoms with Gasteiger partial charge in [-0.15, -0.1) is 0 Å². The molecule has 1 atom stereocenters. The quantitative estimate of drug-likeness (QED) is 0.649. The van der Waals surface area contributed by atoms with Crippen molar-refractivity contribution >= 4 is 18.4 Å². The average molecular weight is 381 g/mol. The fraction of sp³-hybridized carbons (Fsp3) is 0.455. The van der Waals surface area contributed by atoms with E-state index >= 15 is 0 Å². The fourth-order valence-corrected chi connectivity index (χ4v) is 3.76. The first kappa shape index (κ1) is 20.1. The number of aliphatic hydroxyl groups excluding tert-OH is 1. The first-order valence-corrected chi connectivity index (χ1v) is 9.97. The van der Waals surface area contributed by atoms with Crippen LogP contribution in [-0.2, 0) is 30.5 Å². The lowest BCUT2D eigenvalue weighted by Gasteiger charge is -2.19. The van der Waals surface area contributed by atoms with Crippen LogP contribution in [0.15, 0.2) is 12.1 Å². The van der Waals surface area contributed by atoms with E-state index in [-0.39, 0.29) is 13.0 Å². The third-order valence-corrected chi connectivity index (χ3v) is 5.30. The van der Waals surface area contributed by atoms with Crippen LogP contribution in [0.4, 0.5) is 5.82 Å². The van der Waals surface area contributed by atoms with E-state index in [4.69, 9.17) is 9.97 Å². The van der Waals surface area contributed by atoms with Gasteiger partial charge in [-0.1, -0.05) is 13.8 Å². The topological polar surface area (TPSA) is 92.2 Å². The number of anilines is 1. The van der Waals surface area contributed by atoms with Gasteiger partial charge in [-0.25, -0.2) is 9.97 Å². The van der Waals surface area contributed by atoms with Gasteiger partial charge in [-0.05, 0) is 55.4 Å². The van der Waals surface area contributed by atoms with E-state index in [0.717, 1.165) is 54.5 Å². The molecule has 1 unspecified atom stereocenters. The largest absolute Gasteiger partial charge is 0.394 e. The summed E-state index contributed by atoms with van der Waals surface area (Å²) >= 11 is 0. The molecule has 6 nitrogen and oxygen atoms in total. The first-order valence-electron chi connectivity index (χ1n) is 9.97. The highest BCUT2D eigenvalue weighted by Gasteiger charge is 2.21. The number of nitrogens with one attached hydrogen (secondary N) is 1. The first-order chi connectivity index (χ1) is 13.6. The Morgan fingerprint density at radius 3 is 2.43 bits per heavy atom. The van der Waals surface area contributed by atoms with E-state index in [9.17, 15) is 14.7 Å². The summed E-state index contributed by atoms with van der Waals surface area (Å²) in [7, 11) is 0. The molecule has 0 bridgehead atoms. The standard InChI is InChI=1S/C22H27N3O3/c1-3-19-21(18-11-15-7-5-6-14(15)10-16(18)12-27)24-20(4-2)22(25-19)23-17(13-28)8-9-26/h9-12,17,28H,3-8,13H2,1-2H3,(H,23,25). The summed E-state index contributed by atoms with van der Waals surface area (Å²) in [5, 5.41) is 12.6. The molecule has 2 N–H and O–H groups in total. The number of aliphatic hydroxyl groups is 1. The number of rotatable bonds is 9. The number of nitrogens with zero attached hydrogens (tertiary/aromatic N) is 2. The van der Waals surface area contributed by atoms with Crippen molar-refractivity contribution in [2.45, 2.75) is 58.4 Å². The smallest absolute Gasteiger partial charge is 0.150 e. The number of aromatic nitrogens is 2. The van der Waals surface area contributed by atoms with Crippen molar-refractivity contribution in [1.82, 2.24) is 9.97 Å². The summed E-state index contributed by atoms with van der Waals surface area (Å²) in [6.45, 7) is 3.83. The minimum atomic E-state index is -0.391. The number of hydrogen-bond acceptors (Lipinski definition) is 6. The maximum absolute atomic E-state index is 11.8. The van der Waals surface area contributed by atoms with E-state index in [2.05, 4.69) is 11.4 Å². The molecule has 1 aliphatic carbocycles. The number of benzene rings is 1. The van der Waals surface area contributed by atoms with Gasteiger partial charge in [0, 0.05) is 17.5 Å². The van der Waals surface area contributed by atoms with Crippen LogP contribution in [0.25, 0.3) is 11.3 Å². The highest BCUT2D eigenvalue weighted by Crippen LogP contribution is 2.33. The van der Waals surface area contributed by atoms with Crippen molar-refractivity contribution in [3.8, 4) is 11.3 Å². The van der Waals surface area contributed by atoms with Gasteiger partial charge in [0.05, 0.1) is 29.7 Å². The molecule has 0 saturated carbocycles. The molecule has 148 valence electrons. The Hall–Kier alpha value is -2.60. The van der Waals surface area contributed by atoms with Crippen LogP contribution in [0, 0.1) is 0 Å². The third kappa shape index (κ3) is 3.97. The van der Waals surface area contributed by atoms with Gasteiger partial charge in [0.1, 0.15) is 12.1 Å². The molecule has 1 aromatic carbocycles. The van der Waals surface area contributed by atoms with Crippen LogP contribution in [0.3, 0.4) is 0 Å². The summed E-state index contributed by atoms with van der Waals surface area (Å²) in [5.74, 6) is 0.595.